The van der Waals surface area contributed by atoms with Gasteiger partial charge in [-0.3, -0.25) is 9.59 Å². The van der Waals surface area contributed by atoms with Crippen molar-refractivity contribution in [2.45, 2.75) is 33.6 Å². The molecule has 2 amide bonds. The lowest BCUT2D eigenvalue weighted by Crippen LogP contribution is -2.61. The van der Waals surface area contributed by atoms with Crippen LogP contribution in [0, 0.1) is 26.2 Å². The number of hydrogen-bond donors (Lipinski definition) is 0. The largest absolute Gasteiger partial charge is 0.361 e. The first-order valence-electron chi connectivity index (χ1n) is 8.58. The van der Waals surface area contributed by atoms with E-state index in [-0.39, 0.29) is 23.1 Å². The van der Waals surface area contributed by atoms with Crippen molar-refractivity contribution in [2.24, 2.45) is 5.41 Å². The summed E-state index contributed by atoms with van der Waals surface area (Å²) in [4.78, 5) is 32.7. The molecular weight excluding hydrogens is 338 g/mol. The van der Waals surface area contributed by atoms with Crippen molar-refractivity contribution in [1.29, 1.82) is 0 Å². The second-order valence-electron chi connectivity index (χ2n) is 7.35. The van der Waals surface area contributed by atoms with Gasteiger partial charge in [0.2, 0.25) is 11.8 Å². The van der Waals surface area contributed by atoms with E-state index >= 15 is 0 Å². The fourth-order valence-electron chi connectivity index (χ4n) is 4.13. The van der Waals surface area contributed by atoms with Gasteiger partial charge in [0.1, 0.15) is 11.3 Å². The Bertz CT molecular complexity index is 860. The van der Waals surface area contributed by atoms with Crippen LogP contribution in [0.5, 0.6) is 0 Å². The number of nitrogens with zero attached hydrogens (tertiary/aromatic N) is 5. The summed E-state index contributed by atoms with van der Waals surface area (Å²) >= 11 is 0. The van der Waals surface area contributed by atoms with E-state index in [1.54, 1.807) is 37.5 Å². The molecule has 1 unspecified atom stereocenters. The van der Waals surface area contributed by atoms with Crippen molar-refractivity contribution >= 4 is 11.8 Å². The molecule has 9 nitrogen and oxygen atoms in total. The van der Waals surface area contributed by atoms with E-state index in [1.807, 2.05) is 0 Å². The first-order chi connectivity index (χ1) is 12.3. The zero-order valence-corrected chi connectivity index (χ0v) is 15.3. The molecule has 2 fully saturated rings. The SMILES string of the molecule is CC(=O)N1CC(c2nc(C)no2)C2(C1)CN(C(=O)c1c(C)noc1C)C2. The summed E-state index contributed by atoms with van der Waals surface area (Å²) in [6.45, 7) is 9.00. The van der Waals surface area contributed by atoms with E-state index in [0.717, 1.165) is 0 Å². The predicted octanol–water partition coefficient (Wildman–Crippen LogP) is 1.07. The molecule has 0 saturated carbocycles. The van der Waals surface area contributed by atoms with Gasteiger partial charge in [-0.15, -0.1) is 0 Å². The van der Waals surface area contributed by atoms with Crippen molar-refractivity contribution in [3.8, 4) is 0 Å². The monoisotopic (exact) mass is 359 g/mol. The normalized spacial score (nSPS) is 21.3. The molecule has 2 aliphatic rings. The average Bonchev–Trinajstić information content (AvgIpc) is 3.22. The van der Waals surface area contributed by atoms with Crippen molar-refractivity contribution in [1.82, 2.24) is 25.1 Å². The zero-order chi connectivity index (χ0) is 18.6. The average molecular weight is 359 g/mol. The van der Waals surface area contributed by atoms with Crippen LogP contribution in [0.25, 0.3) is 0 Å². The van der Waals surface area contributed by atoms with Gasteiger partial charge in [0, 0.05) is 38.5 Å². The number of amides is 2. The molecule has 2 aliphatic heterocycles. The van der Waals surface area contributed by atoms with E-state index in [4.69, 9.17) is 9.05 Å². The van der Waals surface area contributed by atoms with Crippen LogP contribution in [0.3, 0.4) is 0 Å². The fraction of sp³-hybridized carbons (Fsp3) is 0.588. The molecule has 0 radical (unpaired) electrons. The number of aromatic nitrogens is 3. The van der Waals surface area contributed by atoms with Crippen molar-refractivity contribution in [2.75, 3.05) is 26.2 Å². The molecule has 0 bridgehead atoms. The van der Waals surface area contributed by atoms with Gasteiger partial charge in [-0.05, 0) is 20.8 Å². The Kier molecular flexibility index (Phi) is 3.64. The smallest absolute Gasteiger partial charge is 0.259 e. The Morgan fingerprint density at radius 2 is 1.77 bits per heavy atom. The lowest BCUT2D eigenvalue weighted by atomic mass is 9.71. The number of carbonyl (C=O) groups excluding carboxylic acids is 2. The third-order valence-electron chi connectivity index (χ3n) is 5.48. The van der Waals surface area contributed by atoms with Gasteiger partial charge in [0.25, 0.3) is 5.91 Å². The Morgan fingerprint density at radius 1 is 1.08 bits per heavy atom. The molecule has 0 aromatic carbocycles. The highest BCUT2D eigenvalue weighted by Gasteiger charge is 2.58. The zero-order valence-electron chi connectivity index (χ0n) is 15.3. The Balaban J connectivity index is 1.58. The van der Waals surface area contributed by atoms with E-state index in [2.05, 4.69) is 15.3 Å². The van der Waals surface area contributed by atoms with Gasteiger partial charge in [-0.1, -0.05) is 10.3 Å². The summed E-state index contributed by atoms with van der Waals surface area (Å²) < 4.78 is 10.5. The first kappa shape index (κ1) is 16.7. The standard InChI is InChI=1S/C17H21N5O4/c1-9-14(10(2)25-19-9)16(24)22-7-17(8-22)6-21(12(4)23)5-13(17)15-18-11(3)20-26-15/h13H,5-8H2,1-4H3. The van der Waals surface area contributed by atoms with Crippen LogP contribution in [-0.4, -0.2) is 63.1 Å². The summed E-state index contributed by atoms with van der Waals surface area (Å²) in [5.41, 5.74) is 0.861. The Morgan fingerprint density at radius 3 is 2.31 bits per heavy atom. The number of carbonyl (C=O) groups is 2. The summed E-state index contributed by atoms with van der Waals surface area (Å²) in [5.74, 6) is 1.48. The lowest BCUT2D eigenvalue weighted by Gasteiger charge is -2.49. The van der Waals surface area contributed by atoms with Crippen LogP contribution in [0.2, 0.25) is 0 Å². The third kappa shape index (κ3) is 2.41. The van der Waals surface area contributed by atoms with Crippen LogP contribution < -0.4 is 0 Å². The van der Waals surface area contributed by atoms with Gasteiger partial charge in [0.05, 0.1) is 11.6 Å². The van der Waals surface area contributed by atoms with Gasteiger partial charge in [-0.2, -0.15) is 4.98 Å². The summed E-state index contributed by atoms with van der Waals surface area (Å²) in [6, 6.07) is 0. The second kappa shape index (κ2) is 5.65. The van der Waals surface area contributed by atoms with Gasteiger partial charge in [0.15, 0.2) is 5.82 Å². The van der Waals surface area contributed by atoms with Crippen LogP contribution in [0.4, 0.5) is 0 Å². The van der Waals surface area contributed by atoms with Crippen LogP contribution in [-0.2, 0) is 4.79 Å². The van der Waals surface area contributed by atoms with Gasteiger partial charge in [-0.25, -0.2) is 0 Å². The van der Waals surface area contributed by atoms with Crippen LogP contribution in [0.1, 0.15) is 46.4 Å². The van der Waals surface area contributed by atoms with Crippen LogP contribution >= 0.6 is 0 Å². The maximum absolute atomic E-state index is 12.8. The highest BCUT2D eigenvalue weighted by Crippen LogP contribution is 2.49. The lowest BCUT2D eigenvalue weighted by molar-refractivity contribution is -0.128. The number of hydrogen-bond acceptors (Lipinski definition) is 7. The van der Waals surface area contributed by atoms with Crippen molar-refractivity contribution in [3.05, 3.63) is 28.7 Å². The van der Waals surface area contributed by atoms with Gasteiger partial charge < -0.3 is 18.8 Å². The number of rotatable bonds is 2. The van der Waals surface area contributed by atoms with Crippen molar-refractivity contribution in [3.63, 3.8) is 0 Å². The summed E-state index contributed by atoms with van der Waals surface area (Å²) in [6.07, 6.45) is 0. The fourth-order valence-corrected chi connectivity index (χ4v) is 4.13. The summed E-state index contributed by atoms with van der Waals surface area (Å²) in [7, 11) is 0. The highest BCUT2D eigenvalue weighted by molar-refractivity contribution is 5.96. The molecule has 9 heteroatoms. The molecule has 0 aliphatic carbocycles. The number of aryl methyl sites for hydroxylation is 3. The predicted molar refractivity (Wildman–Crippen MR) is 88.3 cm³/mol. The molecule has 138 valence electrons. The molecular formula is C17H21N5O4. The van der Waals surface area contributed by atoms with E-state index < -0.39 is 0 Å². The second-order valence-corrected chi connectivity index (χ2v) is 7.35. The molecule has 2 saturated heterocycles. The first-order valence-corrected chi connectivity index (χ1v) is 8.58. The van der Waals surface area contributed by atoms with E-state index in [1.165, 1.54) is 0 Å². The maximum Gasteiger partial charge on any atom is 0.259 e. The molecule has 4 rings (SSSR count). The quantitative estimate of drug-likeness (QED) is 0.789. The molecule has 26 heavy (non-hydrogen) atoms. The molecule has 4 heterocycles. The minimum Gasteiger partial charge on any atom is -0.361 e. The third-order valence-corrected chi connectivity index (χ3v) is 5.48. The summed E-state index contributed by atoms with van der Waals surface area (Å²) in [5, 5.41) is 7.74. The molecule has 2 aromatic heterocycles. The van der Waals surface area contributed by atoms with Crippen LogP contribution in [0.15, 0.2) is 9.05 Å². The van der Waals surface area contributed by atoms with E-state index in [0.29, 0.717) is 54.9 Å². The molecule has 2 aromatic rings. The highest BCUT2D eigenvalue weighted by atomic mass is 16.5. The Hall–Kier alpha value is -2.71. The van der Waals surface area contributed by atoms with E-state index in [9.17, 15) is 9.59 Å². The minimum atomic E-state index is -0.251. The Labute approximate surface area is 150 Å². The van der Waals surface area contributed by atoms with Crippen molar-refractivity contribution < 1.29 is 18.6 Å². The molecule has 1 spiro atoms. The van der Waals surface area contributed by atoms with Gasteiger partial charge >= 0.3 is 0 Å². The maximum atomic E-state index is 12.8. The molecule has 1 atom stereocenters. The number of likely N-dealkylation sites (tertiary alicyclic amines) is 2. The molecule has 0 N–H and O–H groups in total. The topological polar surface area (TPSA) is 106 Å². The minimum absolute atomic E-state index is 0.0126.